The number of para-hydroxylation sites is 1. The lowest BCUT2D eigenvalue weighted by Gasteiger charge is -2.52. The summed E-state index contributed by atoms with van der Waals surface area (Å²) < 4.78 is 11.8. The van der Waals surface area contributed by atoms with Gasteiger partial charge in [-0.05, 0) is 31.4 Å². The summed E-state index contributed by atoms with van der Waals surface area (Å²) in [6, 6.07) is 6.55. The number of carbonyl (C=O) groups is 4. The Kier molecular flexibility index (Phi) is 4.12. The second-order valence-corrected chi connectivity index (χ2v) is 8.29. The fraction of sp³-hybridized carbons (Fsp3) is 0.391. The molecule has 0 spiro atoms. The maximum atomic E-state index is 13.6. The molecule has 8 nitrogen and oxygen atoms in total. The second kappa shape index (κ2) is 6.54. The maximum Gasteiger partial charge on any atom is 0.418 e. The van der Waals surface area contributed by atoms with Crippen LogP contribution < -0.4 is 0 Å². The summed E-state index contributed by atoms with van der Waals surface area (Å²) in [4.78, 5) is 53.9. The molecule has 1 aromatic heterocycles. The van der Waals surface area contributed by atoms with Gasteiger partial charge in [0.2, 0.25) is 5.91 Å². The van der Waals surface area contributed by atoms with Crippen molar-refractivity contribution in [3.05, 3.63) is 47.2 Å². The summed E-state index contributed by atoms with van der Waals surface area (Å²) in [6.45, 7) is 1.78. The summed E-state index contributed by atoms with van der Waals surface area (Å²) in [5, 5.41) is 0.816. The normalized spacial score (nSPS) is 26.2. The lowest BCUT2D eigenvalue weighted by atomic mass is 9.60. The van der Waals surface area contributed by atoms with E-state index in [2.05, 4.69) is 0 Å². The zero-order valence-electron chi connectivity index (χ0n) is 17.5. The molecule has 1 amide bonds. The van der Waals surface area contributed by atoms with Crippen LogP contribution in [-0.4, -0.2) is 60.0 Å². The Morgan fingerprint density at radius 1 is 1.13 bits per heavy atom. The van der Waals surface area contributed by atoms with Crippen LogP contribution in [0.2, 0.25) is 0 Å². The highest BCUT2D eigenvalue weighted by molar-refractivity contribution is 6.05. The van der Waals surface area contributed by atoms with E-state index in [1.54, 1.807) is 17.0 Å². The first-order valence-corrected chi connectivity index (χ1v) is 10.2. The molecule has 3 aliphatic heterocycles. The minimum atomic E-state index is -1.39. The minimum absolute atomic E-state index is 0.103. The summed E-state index contributed by atoms with van der Waals surface area (Å²) in [6.07, 6.45) is 1.63. The number of nitrogens with zero attached hydrogens (tertiary/aromatic N) is 2. The smallest absolute Gasteiger partial charge is 0.418 e. The van der Waals surface area contributed by atoms with Crippen molar-refractivity contribution in [2.45, 2.75) is 31.2 Å². The molecule has 1 fully saturated rings. The first kappa shape index (κ1) is 19.5. The van der Waals surface area contributed by atoms with Gasteiger partial charge in [0, 0.05) is 17.5 Å². The van der Waals surface area contributed by atoms with E-state index < -0.39 is 29.4 Å². The van der Waals surface area contributed by atoms with Crippen molar-refractivity contribution in [3.8, 4) is 0 Å². The van der Waals surface area contributed by atoms with Crippen molar-refractivity contribution in [1.29, 1.82) is 0 Å². The van der Waals surface area contributed by atoms with E-state index in [4.69, 9.17) is 9.47 Å². The molecule has 0 saturated carbocycles. The average molecular weight is 422 g/mol. The van der Waals surface area contributed by atoms with E-state index in [-0.39, 0.29) is 18.1 Å². The quantitative estimate of drug-likeness (QED) is 0.687. The van der Waals surface area contributed by atoms with E-state index in [0.29, 0.717) is 29.7 Å². The standard InChI is InChI=1S/C23H22N2O6/c1-12(26)16-10-13-11-23(21(28)30-2)18(16)24(20(13)27)9-8-15-14-6-4-5-7-17(14)25(19(15)23)22(29)31-3/h4-7,10,13,18H,8-9,11H2,1-3H3/t13-,18+,23+/m0/s1. The van der Waals surface area contributed by atoms with Gasteiger partial charge in [0.05, 0.1) is 37.4 Å². The Hall–Kier alpha value is -3.42. The van der Waals surface area contributed by atoms with Gasteiger partial charge in [0.1, 0.15) is 5.41 Å². The molecule has 1 saturated heterocycles. The SMILES string of the molecule is COC(=O)n1c2c(c3ccccc31)CCN1C(=O)[C@H]3C=C(C(C)=O)[C@@H]1[C@]2(C(=O)OC)C3. The number of methoxy groups -OCH3 is 2. The molecule has 31 heavy (non-hydrogen) atoms. The van der Waals surface area contributed by atoms with Crippen molar-refractivity contribution in [1.82, 2.24) is 9.47 Å². The van der Waals surface area contributed by atoms with Crippen LogP contribution in [-0.2, 0) is 35.7 Å². The molecule has 0 radical (unpaired) electrons. The lowest BCUT2D eigenvalue weighted by Crippen LogP contribution is -2.67. The number of fused-ring (bicyclic) bond motifs is 3. The molecule has 2 aromatic rings. The molecule has 160 valence electrons. The Balaban J connectivity index is 1.94. The van der Waals surface area contributed by atoms with E-state index >= 15 is 0 Å². The third kappa shape index (κ3) is 2.30. The maximum absolute atomic E-state index is 13.6. The predicted octanol–water partition coefficient (Wildman–Crippen LogP) is 1.97. The van der Waals surface area contributed by atoms with E-state index in [1.165, 1.54) is 25.7 Å². The number of aromatic nitrogens is 1. The predicted molar refractivity (Wildman–Crippen MR) is 110 cm³/mol. The first-order chi connectivity index (χ1) is 14.9. The lowest BCUT2D eigenvalue weighted by molar-refractivity contribution is -0.160. The zero-order chi connectivity index (χ0) is 22.1. The van der Waals surface area contributed by atoms with E-state index in [0.717, 1.165) is 10.9 Å². The Morgan fingerprint density at radius 3 is 2.55 bits per heavy atom. The molecule has 1 aliphatic carbocycles. The summed E-state index contributed by atoms with van der Waals surface area (Å²) in [5.74, 6) is -1.51. The van der Waals surface area contributed by atoms with Gasteiger partial charge in [-0.2, -0.15) is 0 Å². The molecule has 0 N–H and O–H groups in total. The van der Waals surface area contributed by atoms with Crippen LogP contribution in [0, 0.1) is 5.92 Å². The number of esters is 1. The minimum Gasteiger partial charge on any atom is -0.468 e. The molecule has 4 aliphatic rings. The zero-order valence-corrected chi connectivity index (χ0v) is 17.5. The summed E-state index contributed by atoms with van der Waals surface area (Å²) >= 11 is 0. The number of hydrogen-bond acceptors (Lipinski definition) is 6. The van der Waals surface area contributed by atoms with Crippen LogP contribution in [0.4, 0.5) is 4.79 Å². The molecule has 3 atom stereocenters. The van der Waals surface area contributed by atoms with E-state index in [9.17, 15) is 19.2 Å². The van der Waals surface area contributed by atoms with Crippen molar-refractivity contribution < 1.29 is 28.7 Å². The van der Waals surface area contributed by atoms with Gasteiger partial charge >= 0.3 is 12.1 Å². The van der Waals surface area contributed by atoms with E-state index in [1.807, 2.05) is 18.2 Å². The molecular formula is C23H22N2O6. The number of hydrogen-bond donors (Lipinski definition) is 0. The number of ketones is 1. The van der Waals surface area contributed by atoms with Crippen molar-refractivity contribution >= 4 is 34.7 Å². The van der Waals surface area contributed by atoms with Crippen LogP contribution in [0.15, 0.2) is 35.9 Å². The highest BCUT2D eigenvalue weighted by Crippen LogP contribution is 2.54. The van der Waals surface area contributed by atoms with Gasteiger partial charge < -0.3 is 14.4 Å². The van der Waals surface area contributed by atoms with Crippen molar-refractivity contribution in [2.24, 2.45) is 5.92 Å². The van der Waals surface area contributed by atoms with Crippen molar-refractivity contribution in [3.63, 3.8) is 0 Å². The van der Waals surface area contributed by atoms with Gasteiger partial charge in [0.15, 0.2) is 5.78 Å². The topological polar surface area (TPSA) is 94.9 Å². The summed E-state index contributed by atoms with van der Waals surface area (Å²) in [7, 11) is 2.58. The number of ether oxygens (including phenoxy) is 2. The van der Waals surface area contributed by atoms with Crippen LogP contribution in [0.25, 0.3) is 10.9 Å². The Bertz CT molecular complexity index is 1210. The van der Waals surface area contributed by atoms with Gasteiger partial charge in [-0.15, -0.1) is 0 Å². The Labute approximate surface area is 178 Å². The monoisotopic (exact) mass is 422 g/mol. The number of Topliss-reactive ketones (excluding diaryl/α,β-unsaturated/α-hetero) is 1. The highest BCUT2D eigenvalue weighted by Gasteiger charge is 2.65. The number of piperidine rings is 1. The molecule has 0 unspecified atom stereocenters. The number of benzene rings is 1. The largest absolute Gasteiger partial charge is 0.468 e. The third-order valence-electron chi connectivity index (χ3n) is 6.91. The summed E-state index contributed by atoms with van der Waals surface area (Å²) in [5.41, 5.74) is 0.914. The van der Waals surface area contributed by atoms with Crippen molar-refractivity contribution in [2.75, 3.05) is 20.8 Å². The Morgan fingerprint density at radius 2 is 1.87 bits per heavy atom. The van der Waals surface area contributed by atoms with Crippen LogP contribution in [0.1, 0.15) is 24.6 Å². The average Bonchev–Trinajstić information content (AvgIpc) is 3.05. The highest BCUT2D eigenvalue weighted by atomic mass is 16.5. The molecule has 6 rings (SSSR count). The van der Waals surface area contributed by atoms with Crippen LogP contribution in [0.5, 0.6) is 0 Å². The molecule has 4 heterocycles. The van der Waals surface area contributed by atoms with Gasteiger partial charge in [-0.1, -0.05) is 24.3 Å². The van der Waals surface area contributed by atoms with Crippen LogP contribution >= 0.6 is 0 Å². The molecule has 4 bridgehead atoms. The van der Waals surface area contributed by atoms with Gasteiger partial charge in [0.25, 0.3) is 0 Å². The number of carbonyl (C=O) groups excluding carboxylic acids is 4. The third-order valence-corrected chi connectivity index (χ3v) is 6.91. The van der Waals surface area contributed by atoms with Gasteiger partial charge in [-0.3, -0.25) is 14.4 Å². The van der Waals surface area contributed by atoms with Gasteiger partial charge in [-0.25, -0.2) is 9.36 Å². The molecule has 8 heteroatoms. The first-order valence-electron chi connectivity index (χ1n) is 10.2. The fourth-order valence-corrected chi connectivity index (χ4v) is 5.81. The number of rotatable bonds is 2. The fourth-order valence-electron chi connectivity index (χ4n) is 5.81. The molecular weight excluding hydrogens is 400 g/mol. The van der Waals surface area contributed by atoms with Crippen LogP contribution in [0.3, 0.4) is 0 Å². The second-order valence-electron chi connectivity index (χ2n) is 8.29. The molecule has 1 aromatic carbocycles. The number of amides is 1.